The third kappa shape index (κ3) is 5.71. The van der Waals surface area contributed by atoms with Gasteiger partial charge in [-0.15, -0.1) is 0 Å². The monoisotopic (exact) mass is 528 g/mol. The molecule has 2 aromatic rings. The molecule has 3 heterocycles. The van der Waals surface area contributed by atoms with Gasteiger partial charge in [-0.05, 0) is 62.1 Å². The van der Waals surface area contributed by atoms with Gasteiger partial charge in [0.25, 0.3) is 0 Å². The van der Waals surface area contributed by atoms with Crippen molar-refractivity contribution in [1.82, 2.24) is 14.3 Å². The average Bonchev–Trinajstić information content (AvgIpc) is 3.62. The summed E-state index contributed by atoms with van der Waals surface area (Å²) in [5, 5.41) is 3.29. The third-order valence-electron chi connectivity index (χ3n) is 7.86. The molecule has 4 fully saturated rings. The second kappa shape index (κ2) is 10.4. The van der Waals surface area contributed by atoms with Crippen LogP contribution < -0.4 is 14.8 Å². The Morgan fingerprint density at radius 3 is 2.41 bits per heavy atom. The fourth-order valence-corrected chi connectivity index (χ4v) is 7.14. The van der Waals surface area contributed by atoms with Crippen molar-refractivity contribution in [2.45, 2.75) is 75.4 Å². The highest BCUT2D eigenvalue weighted by Gasteiger charge is 2.46. The van der Waals surface area contributed by atoms with E-state index in [0.29, 0.717) is 37.6 Å². The maximum Gasteiger partial charge on any atom is 0.226 e. The van der Waals surface area contributed by atoms with Gasteiger partial charge < -0.3 is 19.5 Å². The molecule has 2 saturated carbocycles. The number of anilines is 1. The second-order valence-electron chi connectivity index (χ2n) is 10.9. The zero-order chi connectivity index (χ0) is 25.4. The van der Waals surface area contributed by atoms with Crippen molar-refractivity contribution in [1.29, 1.82) is 0 Å². The van der Waals surface area contributed by atoms with Gasteiger partial charge in [-0.3, -0.25) is 0 Å². The molecule has 10 heteroatoms. The molecule has 6 rings (SSSR count). The van der Waals surface area contributed by atoms with Crippen LogP contribution in [-0.2, 0) is 14.8 Å². The first-order valence-corrected chi connectivity index (χ1v) is 15.1. The summed E-state index contributed by atoms with van der Waals surface area (Å²) < 4.78 is 44.3. The van der Waals surface area contributed by atoms with E-state index in [0.717, 1.165) is 61.5 Å². The van der Waals surface area contributed by atoms with Crippen molar-refractivity contribution < 1.29 is 22.6 Å². The van der Waals surface area contributed by atoms with Crippen LogP contribution in [0.25, 0.3) is 11.1 Å². The van der Waals surface area contributed by atoms with Crippen molar-refractivity contribution in [2.75, 3.05) is 31.6 Å². The Kier molecular flexibility index (Phi) is 6.98. The summed E-state index contributed by atoms with van der Waals surface area (Å²) in [6.07, 6.45) is 8.71. The van der Waals surface area contributed by atoms with E-state index in [4.69, 9.17) is 19.2 Å². The van der Waals surface area contributed by atoms with Crippen LogP contribution in [-0.4, -0.2) is 72.5 Å². The van der Waals surface area contributed by atoms with Crippen LogP contribution in [0.5, 0.6) is 11.6 Å². The summed E-state index contributed by atoms with van der Waals surface area (Å²) in [7, 11) is -3.18. The summed E-state index contributed by atoms with van der Waals surface area (Å²) in [5.74, 6) is 2.60. The maximum absolute atomic E-state index is 12.5. The lowest BCUT2D eigenvalue weighted by molar-refractivity contribution is 0.0725. The highest BCUT2D eigenvalue weighted by molar-refractivity contribution is 7.90. The Hall–Kier alpha value is -2.43. The predicted octanol–water partition coefficient (Wildman–Crippen LogP) is 3.86. The average molecular weight is 529 g/mol. The van der Waals surface area contributed by atoms with Crippen molar-refractivity contribution >= 4 is 16.0 Å². The number of benzene rings is 1. The zero-order valence-electron chi connectivity index (χ0n) is 21.3. The van der Waals surface area contributed by atoms with Gasteiger partial charge in [0, 0.05) is 18.7 Å². The van der Waals surface area contributed by atoms with E-state index in [1.807, 2.05) is 24.3 Å². The van der Waals surface area contributed by atoms with Crippen LogP contribution in [0.1, 0.15) is 51.9 Å². The molecule has 2 saturated heterocycles. The molecule has 4 aliphatic rings. The summed E-state index contributed by atoms with van der Waals surface area (Å²) in [5.41, 5.74) is 1.70. The van der Waals surface area contributed by atoms with Gasteiger partial charge in [-0.1, -0.05) is 19.1 Å². The Labute approximate surface area is 219 Å². The molecule has 0 bridgehead atoms. The molecule has 2 aliphatic heterocycles. The first-order valence-electron chi connectivity index (χ1n) is 13.6. The largest absolute Gasteiger partial charge is 0.488 e. The number of rotatable bonds is 9. The molecule has 1 aromatic carbocycles. The van der Waals surface area contributed by atoms with Crippen LogP contribution in [0, 0.1) is 5.92 Å². The van der Waals surface area contributed by atoms with Crippen molar-refractivity contribution in [3.05, 3.63) is 30.5 Å². The lowest BCUT2D eigenvalue weighted by Gasteiger charge is -2.38. The summed E-state index contributed by atoms with van der Waals surface area (Å²) in [4.78, 5) is 9.38. The molecule has 1 N–H and O–H groups in total. The zero-order valence-corrected chi connectivity index (χ0v) is 22.2. The van der Waals surface area contributed by atoms with E-state index in [2.05, 4.69) is 17.2 Å². The topological polar surface area (TPSA) is 103 Å². The number of hydrogen-bond donors (Lipinski definition) is 1. The number of sulfonamides is 1. The molecular formula is C27H36N4O5S. The molecule has 2 aliphatic carbocycles. The Balaban J connectivity index is 1.18. The SMILES string of the molecule is CC1CCC(Nc2ncc(-c3ccc(OC4CCOC4)cc3)c(OC3CN(S(=O)(=O)C4CC4)C3)n2)CC1. The third-order valence-corrected chi connectivity index (χ3v) is 10.2. The highest BCUT2D eigenvalue weighted by atomic mass is 32.2. The van der Waals surface area contributed by atoms with Crippen LogP contribution in [0.3, 0.4) is 0 Å². The number of aromatic nitrogens is 2. The molecule has 200 valence electrons. The molecule has 0 spiro atoms. The van der Waals surface area contributed by atoms with Crippen LogP contribution >= 0.6 is 0 Å². The normalized spacial score (nSPS) is 27.0. The minimum atomic E-state index is -3.18. The number of hydrogen-bond acceptors (Lipinski definition) is 8. The smallest absolute Gasteiger partial charge is 0.226 e. The maximum atomic E-state index is 12.5. The van der Waals surface area contributed by atoms with Gasteiger partial charge >= 0.3 is 0 Å². The van der Waals surface area contributed by atoms with E-state index < -0.39 is 10.0 Å². The molecule has 0 radical (unpaired) electrons. The standard InChI is InChI=1S/C27H36N4O5S/c1-18-2-6-20(7-3-18)29-27-28-14-25(19-4-8-21(9-5-19)35-22-12-13-34-17-22)26(30-27)36-23-15-31(16-23)37(32,33)24-10-11-24/h4-5,8-9,14,18,20,22-24H,2-3,6-7,10-13,15-17H2,1H3,(H,28,29,30). The Bertz CT molecular complexity index is 1180. The van der Waals surface area contributed by atoms with Gasteiger partial charge in [0.1, 0.15) is 18.0 Å². The summed E-state index contributed by atoms with van der Waals surface area (Å²) in [6.45, 7) is 4.39. The van der Waals surface area contributed by atoms with E-state index >= 15 is 0 Å². The fourth-order valence-electron chi connectivity index (χ4n) is 5.24. The quantitative estimate of drug-likeness (QED) is 0.524. The molecule has 0 amide bonds. The number of nitrogens with one attached hydrogen (secondary N) is 1. The molecule has 9 nitrogen and oxygen atoms in total. The van der Waals surface area contributed by atoms with Crippen molar-refractivity contribution in [3.63, 3.8) is 0 Å². The van der Waals surface area contributed by atoms with Crippen LogP contribution in [0.4, 0.5) is 5.95 Å². The highest BCUT2D eigenvalue weighted by Crippen LogP contribution is 2.36. The number of ether oxygens (including phenoxy) is 3. The summed E-state index contributed by atoms with van der Waals surface area (Å²) >= 11 is 0. The van der Waals surface area contributed by atoms with E-state index in [1.165, 1.54) is 17.1 Å². The van der Waals surface area contributed by atoms with Gasteiger partial charge in [0.15, 0.2) is 0 Å². The lowest BCUT2D eigenvalue weighted by Crippen LogP contribution is -2.56. The molecular weight excluding hydrogens is 492 g/mol. The van der Waals surface area contributed by atoms with Gasteiger partial charge in [-0.2, -0.15) is 9.29 Å². The fraction of sp³-hybridized carbons (Fsp3) is 0.630. The van der Waals surface area contributed by atoms with Crippen LogP contribution in [0.2, 0.25) is 0 Å². The van der Waals surface area contributed by atoms with Crippen molar-refractivity contribution in [2.24, 2.45) is 5.92 Å². The van der Waals surface area contributed by atoms with E-state index in [9.17, 15) is 8.42 Å². The van der Waals surface area contributed by atoms with E-state index in [1.54, 1.807) is 6.20 Å². The van der Waals surface area contributed by atoms with Gasteiger partial charge in [0.2, 0.25) is 21.9 Å². The Morgan fingerprint density at radius 2 is 1.73 bits per heavy atom. The first kappa shape index (κ1) is 24.9. The Morgan fingerprint density at radius 1 is 0.973 bits per heavy atom. The number of nitrogens with zero attached hydrogens (tertiary/aromatic N) is 3. The molecule has 1 unspecified atom stereocenters. The molecule has 37 heavy (non-hydrogen) atoms. The van der Waals surface area contributed by atoms with Crippen LogP contribution in [0.15, 0.2) is 30.5 Å². The summed E-state index contributed by atoms with van der Waals surface area (Å²) in [6, 6.07) is 8.21. The lowest BCUT2D eigenvalue weighted by atomic mass is 9.87. The predicted molar refractivity (Wildman–Crippen MR) is 140 cm³/mol. The first-order chi connectivity index (χ1) is 17.9. The van der Waals surface area contributed by atoms with Gasteiger partial charge in [-0.25, -0.2) is 13.4 Å². The second-order valence-corrected chi connectivity index (χ2v) is 13.2. The minimum Gasteiger partial charge on any atom is -0.488 e. The molecule has 1 atom stereocenters. The minimum absolute atomic E-state index is 0.0923. The molecule has 1 aromatic heterocycles. The van der Waals surface area contributed by atoms with Crippen molar-refractivity contribution in [3.8, 4) is 22.8 Å². The van der Waals surface area contributed by atoms with E-state index in [-0.39, 0.29) is 17.5 Å². The van der Waals surface area contributed by atoms with Gasteiger partial charge in [0.05, 0.1) is 37.1 Å².